The Kier molecular flexibility index (Phi) is 6.52. The number of nitrogens with one attached hydrogen (secondary N) is 1. The lowest BCUT2D eigenvalue weighted by Crippen LogP contribution is -2.49. The molecular weight excluding hydrogens is 336 g/mol. The van der Waals surface area contributed by atoms with Gasteiger partial charge in [0, 0.05) is 58.3 Å². The lowest BCUT2D eigenvalue weighted by Gasteiger charge is -2.32. The molecule has 1 aromatic heterocycles. The van der Waals surface area contributed by atoms with Crippen LogP contribution in [-0.4, -0.2) is 75.7 Å². The van der Waals surface area contributed by atoms with Crippen LogP contribution in [0.3, 0.4) is 0 Å². The second-order valence-electron chi connectivity index (χ2n) is 6.04. The Morgan fingerprint density at radius 3 is 2.79 bits per heavy atom. The van der Waals surface area contributed by atoms with Gasteiger partial charge in [-0.05, 0) is 6.42 Å². The zero-order chi connectivity index (χ0) is 16.2. The predicted octanol–water partition coefficient (Wildman–Crippen LogP) is 0.109. The summed E-state index contributed by atoms with van der Waals surface area (Å²) in [5.41, 5.74) is -0.0441. The van der Waals surface area contributed by atoms with E-state index in [0.29, 0.717) is 19.0 Å². The quantitative estimate of drug-likeness (QED) is 0.592. The molecule has 2 aliphatic heterocycles. The number of carbonyl (C=O) groups is 1. The third kappa shape index (κ3) is 4.43. The van der Waals surface area contributed by atoms with Crippen LogP contribution in [0.15, 0.2) is 12.4 Å². The van der Waals surface area contributed by atoms with Gasteiger partial charge in [-0.15, -0.1) is 12.4 Å². The maximum atomic E-state index is 12.3. The number of nitrogens with zero attached hydrogens (tertiary/aromatic N) is 5. The van der Waals surface area contributed by atoms with Crippen molar-refractivity contribution in [3.8, 4) is 0 Å². The lowest BCUT2D eigenvalue weighted by atomic mass is 10.2. The molecule has 0 radical (unpaired) electrons. The smallest absolute Gasteiger partial charge is 0.306 e. The first-order chi connectivity index (χ1) is 11.1. The SMILES string of the molecule is Cl.O=C(CCn1cc([N+](=O)[O-])cn1)N1CCC(N2CCNCC2)C1. The van der Waals surface area contributed by atoms with Crippen LogP contribution in [0.1, 0.15) is 12.8 Å². The van der Waals surface area contributed by atoms with Crippen LogP contribution in [0.2, 0.25) is 0 Å². The van der Waals surface area contributed by atoms with Gasteiger partial charge in [-0.2, -0.15) is 5.10 Å². The summed E-state index contributed by atoms with van der Waals surface area (Å²) in [5.74, 6) is 0.0980. The fourth-order valence-electron chi connectivity index (χ4n) is 3.25. The Bertz CT molecular complexity index is 575. The number of carbonyl (C=O) groups excluding carboxylic acids is 1. The van der Waals surface area contributed by atoms with Crippen LogP contribution in [-0.2, 0) is 11.3 Å². The fraction of sp³-hybridized carbons (Fsp3) is 0.714. The summed E-state index contributed by atoms with van der Waals surface area (Å²) in [7, 11) is 0. The molecule has 2 saturated heterocycles. The van der Waals surface area contributed by atoms with Gasteiger partial charge in [0.25, 0.3) is 0 Å². The van der Waals surface area contributed by atoms with E-state index in [0.717, 1.165) is 45.7 Å². The van der Waals surface area contributed by atoms with Gasteiger partial charge in [0.05, 0.1) is 4.92 Å². The number of rotatable bonds is 5. The summed E-state index contributed by atoms with van der Waals surface area (Å²) < 4.78 is 1.46. The highest BCUT2D eigenvalue weighted by Crippen LogP contribution is 2.17. The van der Waals surface area contributed by atoms with Gasteiger partial charge in [0.1, 0.15) is 12.4 Å². The Morgan fingerprint density at radius 2 is 2.12 bits per heavy atom. The number of hydrogen-bond donors (Lipinski definition) is 1. The number of likely N-dealkylation sites (tertiary alicyclic amines) is 1. The van der Waals surface area contributed by atoms with Crippen molar-refractivity contribution in [2.45, 2.75) is 25.4 Å². The van der Waals surface area contributed by atoms with Crippen LogP contribution in [0.5, 0.6) is 0 Å². The Balaban J connectivity index is 0.00000208. The summed E-state index contributed by atoms with van der Waals surface area (Å²) in [6, 6.07) is 0.465. The maximum absolute atomic E-state index is 12.3. The molecule has 1 atom stereocenters. The van der Waals surface area contributed by atoms with Crippen molar-refractivity contribution in [3.63, 3.8) is 0 Å². The third-order valence-electron chi connectivity index (χ3n) is 4.57. The highest BCUT2D eigenvalue weighted by Gasteiger charge is 2.30. The summed E-state index contributed by atoms with van der Waals surface area (Å²) in [6.45, 7) is 6.09. The monoisotopic (exact) mass is 358 g/mol. The number of aromatic nitrogens is 2. The Hall–Kier alpha value is -1.71. The van der Waals surface area contributed by atoms with Crippen molar-refractivity contribution in [1.29, 1.82) is 0 Å². The summed E-state index contributed by atoms with van der Waals surface area (Å²) in [6.07, 6.45) is 3.92. The van der Waals surface area contributed by atoms with E-state index < -0.39 is 4.92 Å². The Morgan fingerprint density at radius 1 is 1.38 bits per heavy atom. The molecule has 9 nitrogen and oxygen atoms in total. The number of hydrogen-bond acceptors (Lipinski definition) is 6. The van der Waals surface area contributed by atoms with E-state index in [2.05, 4.69) is 15.3 Å². The van der Waals surface area contributed by atoms with Crippen LogP contribution in [0.25, 0.3) is 0 Å². The highest BCUT2D eigenvalue weighted by atomic mass is 35.5. The molecule has 24 heavy (non-hydrogen) atoms. The van der Waals surface area contributed by atoms with Gasteiger partial charge >= 0.3 is 5.69 Å². The summed E-state index contributed by atoms with van der Waals surface area (Å²) in [4.78, 5) is 26.8. The predicted molar refractivity (Wildman–Crippen MR) is 90.2 cm³/mol. The first-order valence-electron chi connectivity index (χ1n) is 8.03. The molecule has 3 heterocycles. The molecule has 1 N–H and O–H groups in total. The molecule has 3 rings (SSSR count). The van der Waals surface area contributed by atoms with E-state index in [4.69, 9.17) is 0 Å². The molecule has 1 aromatic rings. The average molecular weight is 359 g/mol. The Labute approximate surface area is 146 Å². The maximum Gasteiger partial charge on any atom is 0.306 e. The normalized spacial score (nSPS) is 21.5. The van der Waals surface area contributed by atoms with Crippen molar-refractivity contribution in [2.75, 3.05) is 39.3 Å². The standard InChI is InChI=1S/C14H22N6O3.ClH/c21-14(2-6-19-11-13(9-16-19)20(22)23)18-5-1-12(10-18)17-7-3-15-4-8-17;/h9,11-12,15H,1-8,10H2;1H. The molecule has 2 fully saturated rings. The minimum absolute atomic E-state index is 0. The molecule has 2 aliphatic rings. The molecule has 0 bridgehead atoms. The van der Waals surface area contributed by atoms with E-state index >= 15 is 0 Å². The molecule has 0 aliphatic carbocycles. The highest BCUT2D eigenvalue weighted by molar-refractivity contribution is 5.85. The van der Waals surface area contributed by atoms with E-state index in [1.54, 1.807) is 0 Å². The van der Waals surface area contributed by atoms with Gasteiger partial charge in [-0.3, -0.25) is 24.5 Å². The lowest BCUT2D eigenvalue weighted by molar-refractivity contribution is -0.385. The number of amides is 1. The first kappa shape index (κ1) is 18.6. The van der Waals surface area contributed by atoms with Crippen molar-refractivity contribution >= 4 is 24.0 Å². The van der Waals surface area contributed by atoms with Crippen LogP contribution >= 0.6 is 12.4 Å². The van der Waals surface area contributed by atoms with Gasteiger partial charge in [-0.1, -0.05) is 0 Å². The van der Waals surface area contributed by atoms with Crippen LogP contribution < -0.4 is 5.32 Å². The summed E-state index contributed by atoms with van der Waals surface area (Å²) >= 11 is 0. The number of aryl methyl sites for hydroxylation is 1. The molecule has 0 saturated carbocycles. The number of halogens is 1. The second-order valence-corrected chi connectivity index (χ2v) is 6.04. The van der Waals surface area contributed by atoms with Gasteiger partial charge < -0.3 is 10.2 Å². The van der Waals surface area contributed by atoms with E-state index in [-0.39, 0.29) is 24.0 Å². The largest absolute Gasteiger partial charge is 0.341 e. The van der Waals surface area contributed by atoms with E-state index in [1.165, 1.54) is 17.1 Å². The molecule has 1 amide bonds. The number of nitro groups is 1. The fourth-order valence-corrected chi connectivity index (χ4v) is 3.25. The number of piperazine rings is 1. The minimum atomic E-state index is -0.482. The van der Waals surface area contributed by atoms with Crippen molar-refractivity contribution < 1.29 is 9.72 Å². The third-order valence-corrected chi connectivity index (χ3v) is 4.57. The van der Waals surface area contributed by atoms with Crippen LogP contribution in [0, 0.1) is 10.1 Å². The molecule has 134 valence electrons. The van der Waals surface area contributed by atoms with Crippen LogP contribution in [0.4, 0.5) is 5.69 Å². The first-order valence-corrected chi connectivity index (χ1v) is 8.03. The zero-order valence-electron chi connectivity index (χ0n) is 13.5. The summed E-state index contributed by atoms with van der Waals surface area (Å²) in [5, 5.41) is 17.9. The van der Waals surface area contributed by atoms with Gasteiger partial charge in [-0.25, -0.2) is 0 Å². The minimum Gasteiger partial charge on any atom is -0.341 e. The molecular formula is C14H23ClN6O3. The molecule has 0 spiro atoms. The topological polar surface area (TPSA) is 96.5 Å². The molecule has 0 aromatic carbocycles. The second kappa shape index (κ2) is 8.41. The van der Waals surface area contributed by atoms with E-state index in [1.807, 2.05) is 4.90 Å². The van der Waals surface area contributed by atoms with Gasteiger partial charge in [0.2, 0.25) is 5.91 Å². The average Bonchev–Trinajstić information content (AvgIpc) is 3.23. The van der Waals surface area contributed by atoms with E-state index in [9.17, 15) is 14.9 Å². The molecule has 1 unspecified atom stereocenters. The molecule has 10 heteroatoms. The van der Waals surface area contributed by atoms with Crippen molar-refractivity contribution in [2.24, 2.45) is 0 Å². The van der Waals surface area contributed by atoms with Gasteiger partial charge in [0.15, 0.2) is 0 Å². The zero-order valence-corrected chi connectivity index (χ0v) is 14.3. The van der Waals surface area contributed by atoms with Crippen molar-refractivity contribution in [1.82, 2.24) is 24.9 Å². The van der Waals surface area contributed by atoms with Crippen molar-refractivity contribution in [3.05, 3.63) is 22.5 Å².